The molecule has 7 unspecified atom stereocenters. The Kier molecular flexibility index (Phi) is 4.33. The van der Waals surface area contributed by atoms with Crippen LogP contribution in [0.1, 0.15) is 65.2 Å². The highest BCUT2D eigenvalue weighted by Crippen LogP contribution is 2.67. The van der Waals surface area contributed by atoms with Crippen LogP contribution in [0.25, 0.3) is 0 Å². The van der Waals surface area contributed by atoms with E-state index in [2.05, 4.69) is 13.0 Å². The molecule has 4 aliphatic carbocycles. The van der Waals surface area contributed by atoms with E-state index in [1.807, 2.05) is 6.92 Å². The molecule has 0 aromatic rings. The number of fused-ring (bicyclic) bond motifs is 5. The van der Waals surface area contributed by atoms with Crippen molar-refractivity contribution in [1.29, 1.82) is 5.26 Å². The molecule has 0 amide bonds. The molecule has 0 spiro atoms. The van der Waals surface area contributed by atoms with Crippen molar-refractivity contribution in [3.05, 3.63) is 11.6 Å². The number of aliphatic hydroxyl groups is 1. The smallest absolute Gasteiger partial charge is 0.380 e. The molecule has 0 aromatic carbocycles. The first-order valence-electron chi connectivity index (χ1n) is 10.4. The van der Waals surface area contributed by atoms with E-state index in [1.165, 1.54) is 0 Å². The third-order valence-corrected chi connectivity index (χ3v) is 9.03. The average Bonchev–Trinajstić information content (AvgIpc) is 2.91. The molecule has 0 radical (unpaired) electrons. The fourth-order valence-corrected chi connectivity index (χ4v) is 7.48. The van der Waals surface area contributed by atoms with Crippen LogP contribution in [0, 0.1) is 45.8 Å². The second-order valence-electron chi connectivity index (χ2n) is 10.2. The largest absolute Gasteiger partial charge is 0.417 e. The van der Waals surface area contributed by atoms with Crippen molar-refractivity contribution in [2.45, 2.75) is 77.0 Å². The van der Waals surface area contributed by atoms with E-state index >= 15 is 0 Å². The maximum atomic E-state index is 13.4. The van der Waals surface area contributed by atoms with Gasteiger partial charge in [0.1, 0.15) is 5.78 Å². The lowest BCUT2D eigenvalue weighted by Crippen LogP contribution is -2.61. The van der Waals surface area contributed by atoms with Gasteiger partial charge in [0, 0.05) is 18.4 Å². The minimum absolute atomic E-state index is 0.152. The van der Waals surface area contributed by atoms with Gasteiger partial charge in [-0.2, -0.15) is 18.4 Å². The number of allylic oxidation sites excluding steroid dienone is 2. The molecule has 28 heavy (non-hydrogen) atoms. The highest BCUT2D eigenvalue weighted by atomic mass is 19.4. The molecule has 0 aliphatic heterocycles. The zero-order chi connectivity index (χ0) is 20.5. The molecule has 4 fully saturated rings. The van der Waals surface area contributed by atoms with Gasteiger partial charge in [-0.05, 0) is 73.5 Å². The summed E-state index contributed by atoms with van der Waals surface area (Å²) in [6.45, 7) is 4.09. The quantitative estimate of drug-likeness (QED) is 0.590. The van der Waals surface area contributed by atoms with E-state index < -0.39 is 17.2 Å². The summed E-state index contributed by atoms with van der Waals surface area (Å²) in [5.74, 6) is 0.144. The summed E-state index contributed by atoms with van der Waals surface area (Å²) in [5, 5.41) is 19.4. The van der Waals surface area contributed by atoms with E-state index in [1.54, 1.807) is 6.08 Å². The fourth-order valence-electron chi connectivity index (χ4n) is 7.48. The highest BCUT2D eigenvalue weighted by molar-refractivity contribution is 5.85. The van der Waals surface area contributed by atoms with Crippen LogP contribution in [0.4, 0.5) is 13.2 Å². The Morgan fingerprint density at radius 2 is 1.93 bits per heavy atom. The van der Waals surface area contributed by atoms with E-state index in [9.17, 15) is 23.1 Å². The maximum absolute atomic E-state index is 13.4. The standard InChI is InChI=1S/C22H28F3NO2/c1-19-8-9-21(28,22(23,24)25)11-14(19)3-5-15-16-6-4-13(7-10-26)20(16,2)12-17(27)18(15)19/h7,14-16,18,28H,3-6,8-9,11-12H2,1-2H3. The molecule has 4 rings (SSSR count). The first-order valence-corrected chi connectivity index (χ1v) is 10.4. The molecule has 0 saturated heterocycles. The van der Waals surface area contributed by atoms with Crippen LogP contribution in [0.5, 0.6) is 0 Å². The number of hydrogen-bond donors (Lipinski definition) is 1. The Balaban J connectivity index is 1.66. The lowest BCUT2D eigenvalue weighted by Gasteiger charge is -2.60. The van der Waals surface area contributed by atoms with Crippen molar-refractivity contribution in [3.63, 3.8) is 0 Å². The molecular formula is C22H28F3NO2. The molecule has 154 valence electrons. The topological polar surface area (TPSA) is 61.1 Å². The van der Waals surface area contributed by atoms with Crippen LogP contribution < -0.4 is 0 Å². The summed E-state index contributed by atoms with van der Waals surface area (Å²) < 4.78 is 40.2. The van der Waals surface area contributed by atoms with Gasteiger partial charge in [-0.1, -0.05) is 19.4 Å². The maximum Gasteiger partial charge on any atom is 0.417 e. The van der Waals surface area contributed by atoms with Crippen LogP contribution in [0.2, 0.25) is 0 Å². The molecule has 7 atom stereocenters. The summed E-state index contributed by atoms with van der Waals surface area (Å²) in [6, 6.07) is 2.12. The van der Waals surface area contributed by atoms with Crippen molar-refractivity contribution in [2.24, 2.45) is 34.5 Å². The van der Waals surface area contributed by atoms with Gasteiger partial charge < -0.3 is 5.11 Å². The fraction of sp³-hybridized carbons (Fsp3) is 0.818. The number of ketones is 1. The van der Waals surface area contributed by atoms with Gasteiger partial charge in [-0.25, -0.2) is 0 Å². The zero-order valence-corrected chi connectivity index (χ0v) is 16.5. The second kappa shape index (κ2) is 6.08. The van der Waals surface area contributed by atoms with Gasteiger partial charge in [-0.15, -0.1) is 0 Å². The zero-order valence-electron chi connectivity index (χ0n) is 16.5. The van der Waals surface area contributed by atoms with E-state index in [4.69, 9.17) is 5.26 Å². The van der Waals surface area contributed by atoms with Gasteiger partial charge >= 0.3 is 6.18 Å². The first kappa shape index (κ1) is 19.9. The Hall–Kier alpha value is -1.35. The summed E-state index contributed by atoms with van der Waals surface area (Å²) in [4.78, 5) is 13.3. The number of Topliss-reactive ketones (excluding diaryl/α,β-unsaturated/α-hetero) is 1. The first-order chi connectivity index (χ1) is 13.0. The minimum atomic E-state index is -4.62. The highest BCUT2D eigenvalue weighted by Gasteiger charge is 2.66. The Morgan fingerprint density at radius 1 is 1.21 bits per heavy atom. The Morgan fingerprint density at radius 3 is 2.57 bits per heavy atom. The van der Waals surface area contributed by atoms with Crippen molar-refractivity contribution in [1.82, 2.24) is 0 Å². The SMILES string of the molecule is CC12CC(=O)C3C(CCC4CC(O)(C(F)(F)F)CCC43C)C1CCC2=CC#N. The number of alkyl halides is 3. The van der Waals surface area contributed by atoms with E-state index in [0.29, 0.717) is 18.8 Å². The monoisotopic (exact) mass is 395 g/mol. The predicted molar refractivity (Wildman–Crippen MR) is 96.8 cm³/mol. The average molecular weight is 395 g/mol. The van der Waals surface area contributed by atoms with Crippen molar-refractivity contribution >= 4 is 5.78 Å². The molecule has 4 saturated carbocycles. The third-order valence-electron chi connectivity index (χ3n) is 9.03. The lowest BCUT2D eigenvalue weighted by atomic mass is 9.44. The van der Waals surface area contributed by atoms with Crippen LogP contribution in [0.15, 0.2) is 11.6 Å². The van der Waals surface area contributed by atoms with Crippen LogP contribution >= 0.6 is 0 Å². The lowest BCUT2D eigenvalue weighted by molar-refractivity contribution is -0.288. The van der Waals surface area contributed by atoms with Gasteiger partial charge in [0.05, 0.1) is 6.07 Å². The Bertz CT molecular complexity index is 769. The van der Waals surface area contributed by atoms with Crippen molar-refractivity contribution < 1.29 is 23.1 Å². The normalized spacial score (nSPS) is 49.9. The number of carbonyl (C=O) groups excluding carboxylic acids is 1. The predicted octanol–water partition coefficient (Wildman–Crippen LogP) is 4.95. The molecule has 4 aliphatic rings. The number of nitrogens with zero attached hydrogens (tertiary/aromatic N) is 1. The number of nitriles is 1. The summed E-state index contributed by atoms with van der Waals surface area (Å²) in [6.07, 6.45) is 0.159. The second-order valence-corrected chi connectivity index (χ2v) is 10.2. The van der Waals surface area contributed by atoms with Gasteiger partial charge in [-0.3, -0.25) is 4.79 Å². The molecule has 6 heteroatoms. The van der Waals surface area contributed by atoms with Gasteiger partial charge in [0.15, 0.2) is 5.60 Å². The van der Waals surface area contributed by atoms with E-state index in [-0.39, 0.29) is 48.2 Å². The van der Waals surface area contributed by atoms with Crippen LogP contribution in [-0.2, 0) is 4.79 Å². The summed E-state index contributed by atoms with van der Waals surface area (Å²) in [7, 11) is 0. The molecule has 0 aromatic heterocycles. The molecule has 0 heterocycles. The summed E-state index contributed by atoms with van der Waals surface area (Å²) >= 11 is 0. The van der Waals surface area contributed by atoms with Crippen molar-refractivity contribution in [2.75, 3.05) is 0 Å². The molecule has 3 nitrogen and oxygen atoms in total. The van der Waals surface area contributed by atoms with Crippen LogP contribution in [-0.4, -0.2) is 22.7 Å². The van der Waals surface area contributed by atoms with E-state index in [0.717, 1.165) is 24.8 Å². The number of hydrogen-bond acceptors (Lipinski definition) is 3. The van der Waals surface area contributed by atoms with Crippen molar-refractivity contribution in [3.8, 4) is 6.07 Å². The summed E-state index contributed by atoms with van der Waals surface area (Å²) in [5.41, 5.74) is -2.31. The molecule has 0 bridgehead atoms. The third kappa shape index (κ3) is 2.54. The van der Waals surface area contributed by atoms with Gasteiger partial charge in [0.2, 0.25) is 0 Å². The Labute approximate surface area is 164 Å². The number of carbonyl (C=O) groups is 1. The number of rotatable bonds is 0. The van der Waals surface area contributed by atoms with Gasteiger partial charge in [0.25, 0.3) is 0 Å². The molecule has 1 N–H and O–H groups in total. The minimum Gasteiger partial charge on any atom is -0.380 e. The van der Waals surface area contributed by atoms with Crippen LogP contribution in [0.3, 0.4) is 0 Å². The number of halogens is 3. The molecular weight excluding hydrogens is 367 g/mol.